The Labute approximate surface area is 130 Å². The van der Waals surface area contributed by atoms with Gasteiger partial charge in [0.1, 0.15) is 0 Å². The average Bonchev–Trinajstić information content (AvgIpc) is 2.42. The van der Waals surface area contributed by atoms with Crippen molar-refractivity contribution in [3.63, 3.8) is 0 Å². The van der Waals surface area contributed by atoms with Crippen LogP contribution in [0.1, 0.15) is 93.9 Å². The van der Waals surface area contributed by atoms with Crippen LogP contribution in [0.15, 0.2) is 0 Å². The van der Waals surface area contributed by atoms with Crippen molar-refractivity contribution in [2.45, 2.75) is 93.9 Å². The van der Waals surface area contributed by atoms with Gasteiger partial charge in [0.25, 0.3) is 0 Å². The van der Waals surface area contributed by atoms with Crippen LogP contribution in [-0.4, -0.2) is 0 Å². The fourth-order valence-corrected chi connectivity index (χ4v) is 4.02. The van der Waals surface area contributed by atoms with Crippen LogP contribution in [0.2, 0.25) is 0 Å². The van der Waals surface area contributed by atoms with Gasteiger partial charge in [0.15, 0.2) is 0 Å². The van der Waals surface area contributed by atoms with Crippen LogP contribution in [0, 0.1) is 35.5 Å². The zero-order valence-corrected chi connectivity index (χ0v) is 15.7. The van der Waals surface area contributed by atoms with Crippen LogP contribution in [0.4, 0.5) is 0 Å². The van der Waals surface area contributed by atoms with E-state index in [-0.39, 0.29) is 0 Å². The molecule has 6 atom stereocenters. The molecule has 0 heteroatoms. The fourth-order valence-electron chi connectivity index (χ4n) is 4.02. The molecule has 0 aromatic rings. The van der Waals surface area contributed by atoms with Gasteiger partial charge in [0.05, 0.1) is 0 Å². The van der Waals surface area contributed by atoms with E-state index in [1.54, 1.807) is 0 Å². The monoisotopic (exact) mass is 282 g/mol. The van der Waals surface area contributed by atoms with E-state index >= 15 is 0 Å². The first-order chi connectivity index (χ1) is 9.38. The SMILES string of the molecule is CCCC(C)C(C)C(C)CC(C)C(CCC)C(C)CC. The number of hydrogen-bond donors (Lipinski definition) is 0. The zero-order valence-electron chi connectivity index (χ0n) is 15.7. The molecule has 0 saturated heterocycles. The van der Waals surface area contributed by atoms with Gasteiger partial charge in [-0.3, -0.25) is 0 Å². The number of hydrogen-bond acceptors (Lipinski definition) is 0. The Kier molecular flexibility index (Phi) is 10.7. The standard InChI is InChI=1S/C20H42/c1-9-12-16(5)19(8)17(6)14-18(7)20(13-10-2)15(4)11-3/h15-20H,9-14H2,1-8H3. The van der Waals surface area contributed by atoms with Gasteiger partial charge in [0, 0.05) is 0 Å². The molecule has 0 saturated carbocycles. The zero-order chi connectivity index (χ0) is 15.7. The third-order valence-electron chi connectivity index (χ3n) is 6.01. The van der Waals surface area contributed by atoms with E-state index in [2.05, 4.69) is 55.4 Å². The van der Waals surface area contributed by atoms with Crippen LogP contribution in [0.25, 0.3) is 0 Å². The maximum atomic E-state index is 2.51. The molecule has 122 valence electrons. The molecule has 0 amide bonds. The molecule has 0 aliphatic heterocycles. The molecule has 0 spiro atoms. The van der Waals surface area contributed by atoms with Crippen molar-refractivity contribution in [3.05, 3.63) is 0 Å². The summed E-state index contributed by atoms with van der Waals surface area (Å²) >= 11 is 0. The molecule has 0 aliphatic rings. The van der Waals surface area contributed by atoms with Crippen molar-refractivity contribution < 1.29 is 0 Å². The second kappa shape index (κ2) is 10.7. The first-order valence-electron chi connectivity index (χ1n) is 9.38. The summed E-state index contributed by atoms with van der Waals surface area (Å²) in [7, 11) is 0. The van der Waals surface area contributed by atoms with E-state index in [0.29, 0.717) is 0 Å². The highest BCUT2D eigenvalue weighted by atomic mass is 14.3. The third-order valence-corrected chi connectivity index (χ3v) is 6.01. The molecule has 0 aliphatic carbocycles. The minimum absolute atomic E-state index is 0.870. The van der Waals surface area contributed by atoms with Crippen LogP contribution in [0.5, 0.6) is 0 Å². The molecule has 0 aromatic heterocycles. The van der Waals surface area contributed by atoms with Crippen LogP contribution in [0.3, 0.4) is 0 Å². The van der Waals surface area contributed by atoms with Crippen molar-refractivity contribution in [3.8, 4) is 0 Å². The van der Waals surface area contributed by atoms with Crippen LogP contribution < -0.4 is 0 Å². The fraction of sp³-hybridized carbons (Fsp3) is 1.00. The highest BCUT2D eigenvalue weighted by Gasteiger charge is 2.26. The molecule has 6 unspecified atom stereocenters. The first kappa shape index (κ1) is 20.0. The first-order valence-corrected chi connectivity index (χ1v) is 9.38. The van der Waals surface area contributed by atoms with Crippen molar-refractivity contribution in [1.82, 2.24) is 0 Å². The predicted molar refractivity (Wildman–Crippen MR) is 94.0 cm³/mol. The molecule has 0 fully saturated rings. The molecular formula is C20H42. The normalized spacial score (nSPS) is 21.0. The summed E-state index contributed by atoms with van der Waals surface area (Å²) in [6, 6.07) is 0. The van der Waals surface area contributed by atoms with Gasteiger partial charge in [-0.25, -0.2) is 0 Å². The summed E-state index contributed by atoms with van der Waals surface area (Å²) in [6.07, 6.45) is 8.25. The Morgan fingerprint density at radius 1 is 0.600 bits per heavy atom. The van der Waals surface area contributed by atoms with E-state index in [4.69, 9.17) is 0 Å². The Morgan fingerprint density at radius 2 is 1.15 bits per heavy atom. The summed E-state index contributed by atoms with van der Waals surface area (Å²) in [5, 5.41) is 0. The van der Waals surface area contributed by atoms with E-state index in [1.165, 1.54) is 38.5 Å². The lowest BCUT2D eigenvalue weighted by atomic mass is 9.72. The van der Waals surface area contributed by atoms with Gasteiger partial charge in [-0.15, -0.1) is 0 Å². The summed E-state index contributed by atoms with van der Waals surface area (Å²) in [5.74, 6) is 5.33. The molecule has 0 nitrogen and oxygen atoms in total. The quantitative estimate of drug-likeness (QED) is 0.376. The average molecular weight is 283 g/mol. The maximum Gasteiger partial charge on any atom is -0.0363 e. The molecule has 0 bridgehead atoms. The largest absolute Gasteiger partial charge is 0.0654 e. The highest BCUT2D eigenvalue weighted by molar-refractivity contribution is 4.76. The lowest BCUT2D eigenvalue weighted by Crippen LogP contribution is -2.25. The van der Waals surface area contributed by atoms with Gasteiger partial charge in [0.2, 0.25) is 0 Å². The summed E-state index contributed by atoms with van der Waals surface area (Å²) in [4.78, 5) is 0. The lowest BCUT2D eigenvalue weighted by Gasteiger charge is -2.34. The summed E-state index contributed by atoms with van der Waals surface area (Å²) in [5.41, 5.74) is 0. The smallest absolute Gasteiger partial charge is 0.0363 e. The van der Waals surface area contributed by atoms with Gasteiger partial charge in [-0.1, -0.05) is 87.5 Å². The van der Waals surface area contributed by atoms with Crippen molar-refractivity contribution >= 4 is 0 Å². The van der Waals surface area contributed by atoms with Crippen LogP contribution >= 0.6 is 0 Å². The molecule has 0 radical (unpaired) electrons. The van der Waals surface area contributed by atoms with Gasteiger partial charge < -0.3 is 0 Å². The molecule has 0 rings (SSSR count). The Balaban J connectivity index is 4.49. The van der Waals surface area contributed by atoms with E-state index in [0.717, 1.165) is 35.5 Å². The van der Waals surface area contributed by atoms with E-state index in [1.807, 2.05) is 0 Å². The Hall–Kier alpha value is 0. The number of rotatable bonds is 11. The van der Waals surface area contributed by atoms with Crippen LogP contribution in [-0.2, 0) is 0 Å². The highest BCUT2D eigenvalue weighted by Crippen LogP contribution is 2.35. The molecule has 0 heterocycles. The Morgan fingerprint density at radius 3 is 1.60 bits per heavy atom. The van der Waals surface area contributed by atoms with Gasteiger partial charge in [-0.05, 0) is 41.9 Å². The predicted octanol–water partition coefficient (Wildman–Crippen LogP) is 7.18. The van der Waals surface area contributed by atoms with Crippen molar-refractivity contribution in [2.75, 3.05) is 0 Å². The van der Waals surface area contributed by atoms with E-state index < -0.39 is 0 Å². The lowest BCUT2D eigenvalue weighted by molar-refractivity contribution is 0.164. The second-order valence-electron chi connectivity index (χ2n) is 7.65. The molecule has 0 N–H and O–H groups in total. The van der Waals surface area contributed by atoms with E-state index in [9.17, 15) is 0 Å². The molecule has 0 aromatic carbocycles. The third kappa shape index (κ3) is 6.64. The second-order valence-corrected chi connectivity index (χ2v) is 7.65. The maximum absolute atomic E-state index is 2.51. The minimum Gasteiger partial charge on any atom is -0.0654 e. The molecular weight excluding hydrogens is 240 g/mol. The minimum atomic E-state index is 0.870. The molecule has 20 heavy (non-hydrogen) atoms. The van der Waals surface area contributed by atoms with Gasteiger partial charge >= 0.3 is 0 Å². The Bertz CT molecular complexity index is 220. The summed E-state index contributed by atoms with van der Waals surface area (Å²) in [6.45, 7) is 19.4. The van der Waals surface area contributed by atoms with Gasteiger partial charge in [-0.2, -0.15) is 0 Å². The summed E-state index contributed by atoms with van der Waals surface area (Å²) < 4.78 is 0. The van der Waals surface area contributed by atoms with Crippen molar-refractivity contribution in [2.24, 2.45) is 35.5 Å². The topological polar surface area (TPSA) is 0 Å². The van der Waals surface area contributed by atoms with Crippen molar-refractivity contribution in [1.29, 1.82) is 0 Å².